The summed E-state index contributed by atoms with van der Waals surface area (Å²) in [6.07, 6.45) is 0. The standard InChI is InChI=1S/C21H25ClFN5O2S/c1-11(2)28(4)19-6-13(5-12(3)25-19)20-26-27-21(31-20)15-7-17(23)18(8-16(15)22)30-10-14(24)9-29/h5-8,11,14,29H,9-10,24H2,1-4H3/t14-/m0/s1. The number of rotatable bonds is 8. The van der Waals surface area contributed by atoms with Crippen LogP contribution in [0.2, 0.25) is 5.02 Å². The number of pyridine rings is 1. The maximum atomic E-state index is 14.5. The van der Waals surface area contributed by atoms with Gasteiger partial charge in [0.1, 0.15) is 22.4 Å². The minimum absolute atomic E-state index is 0.0272. The Morgan fingerprint density at radius 1 is 1.23 bits per heavy atom. The van der Waals surface area contributed by atoms with Crippen LogP contribution >= 0.6 is 22.9 Å². The molecule has 2 aromatic heterocycles. The number of halogens is 2. The van der Waals surface area contributed by atoms with Gasteiger partial charge in [-0.2, -0.15) is 0 Å². The van der Waals surface area contributed by atoms with Crippen LogP contribution in [0.3, 0.4) is 0 Å². The van der Waals surface area contributed by atoms with Crippen LogP contribution in [0, 0.1) is 12.7 Å². The Morgan fingerprint density at radius 3 is 2.61 bits per heavy atom. The maximum absolute atomic E-state index is 14.5. The molecule has 1 aromatic carbocycles. The SMILES string of the molecule is Cc1cc(-c2nnc(-c3cc(F)c(OC[C@@H](N)CO)cc3Cl)s2)cc(N(C)C(C)C)n1. The van der Waals surface area contributed by atoms with Crippen molar-refractivity contribution in [3.05, 3.63) is 40.8 Å². The van der Waals surface area contributed by atoms with Gasteiger partial charge in [-0.1, -0.05) is 22.9 Å². The molecule has 0 aliphatic heterocycles. The van der Waals surface area contributed by atoms with Crippen molar-refractivity contribution in [3.63, 3.8) is 0 Å². The van der Waals surface area contributed by atoms with Crippen LogP contribution in [0.5, 0.6) is 5.75 Å². The molecule has 166 valence electrons. The summed E-state index contributed by atoms with van der Waals surface area (Å²) in [6, 6.07) is 6.23. The molecule has 0 bridgehead atoms. The second kappa shape index (κ2) is 9.86. The molecular formula is C21H25ClFN5O2S. The van der Waals surface area contributed by atoms with E-state index in [4.69, 9.17) is 27.2 Å². The summed E-state index contributed by atoms with van der Waals surface area (Å²) in [4.78, 5) is 6.67. The van der Waals surface area contributed by atoms with Crippen LogP contribution in [0.25, 0.3) is 21.1 Å². The zero-order valence-corrected chi connectivity index (χ0v) is 19.3. The molecule has 31 heavy (non-hydrogen) atoms. The smallest absolute Gasteiger partial charge is 0.165 e. The Hall–Kier alpha value is -2.33. The highest BCUT2D eigenvalue weighted by Crippen LogP contribution is 2.37. The van der Waals surface area contributed by atoms with Crippen molar-refractivity contribution in [1.82, 2.24) is 15.2 Å². The molecule has 0 saturated carbocycles. The Kier molecular flexibility index (Phi) is 7.42. The fourth-order valence-electron chi connectivity index (χ4n) is 2.72. The Labute approximate surface area is 189 Å². The third-order valence-corrected chi connectivity index (χ3v) is 6.01. The van der Waals surface area contributed by atoms with Gasteiger partial charge in [0.25, 0.3) is 0 Å². The summed E-state index contributed by atoms with van der Waals surface area (Å²) >= 11 is 7.68. The summed E-state index contributed by atoms with van der Waals surface area (Å²) in [7, 11) is 1.99. The van der Waals surface area contributed by atoms with Gasteiger partial charge in [-0.05, 0) is 39.0 Å². The Balaban J connectivity index is 1.90. The molecule has 0 amide bonds. The molecule has 7 nitrogen and oxygen atoms in total. The highest BCUT2D eigenvalue weighted by atomic mass is 35.5. The first-order valence-electron chi connectivity index (χ1n) is 9.73. The first kappa shape index (κ1) is 23.3. The molecule has 10 heteroatoms. The lowest BCUT2D eigenvalue weighted by Crippen LogP contribution is -2.31. The predicted molar refractivity (Wildman–Crippen MR) is 122 cm³/mol. The van der Waals surface area contributed by atoms with Crippen LogP contribution in [0.4, 0.5) is 10.2 Å². The van der Waals surface area contributed by atoms with Gasteiger partial charge in [-0.25, -0.2) is 9.37 Å². The highest BCUT2D eigenvalue weighted by Gasteiger charge is 2.18. The fraction of sp³-hybridized carbons (Fsp3) is 0.381. The number of hydrogen-bond acceptors (Lipinski definition) is 8. The zero-order chi connectivity index (χ0) is 22.7. The molecule has 1 atom stereocenters. The van der Waals surface area contributed by atoms with E-state index in [9.17, 15) is 4.39 Å². The molecule has 2 heterocycles. The number of aryl methyl sites for hydroxylation is 1. The first-order chi connectivity index (χ1) is 14.7. The molecule has 0 aliphatic carbocycles. The minimum Gasteiger partial charge on any atom is -0.489 e. The summed E-state index contributed by atoms with van der Waals surface area (Å²) in [5, 5.41) is 18.9. The van der Waals surface area contributed by atoms with Crippen molar-refractivity contribution in [1.29, 1.82) is 0 Å². The lowest BCUT2D eigenvalue weighted by molar-refractivity contribution is 0.202. The summed E-state index contributed by atoms with van der Waals surface area (Å²) in [6.45, 7) is 5.82. The minimum atomic E-state index is -0.605. The van der Waals surface area contributed by atoms with Crippen molar-refractivity contribution < 1.29 is 14.2 Å². The monoisotopic (exact) mass is 465 g/mol. The fourth-order valence-corrected chi connectivity index (χ4v) is 3.88. The van der Waals surface area contributed by atoms with Crippen LogP contribution < -0.4 is 15.4 Å². The highest BCUT2D eigenvalue weighted by molar-refractivity contribution is 7.18. The number of ether oxygens (including phenoxy) is 1. The molecule has 0 fully saturated rings. The molecule has 3 rings (SSSR count). The molecule has 3 aromatic rings. The largest absolute Gasteiger partial charge is 0.489 e. The number of benzene rings is 1. The van der Waals surface area contributed by atoms with Crippen LogP contribution in [0.1, 0.15) is 19.5 Å². The maximum Gasteiger partial charge on any atom is 0.165 e. The van der Waals surface area contributed by atoms with E-state index in [1.807, 2.05) is 26.1 Å². The lowest BCUT2D eigenvalue weighted by Gasteiger charge is -2.23. The number of aliphatic hydroxyl groups is 1. The number of hydrogen-bond donors (Lipinski definition) is 2. The van der Waals surface area contributed by atoms with E-state index in [0.717, 1.165) is 17.1 Å². The molecule has 0 spiro atoms. The van der Waals surface area contributed by atoms with Gasteiger partial charge in [0, 0.05) is 36.0 Å². The molecule has 0 saturated heterocycles. The van der Waals surface area contributed by atoms with Crippen molar-refractivity contribution >= 4 is 28.8 Å². The Morgan fingerprint density at radius 2 is 1.94 bits per heavy atom. The van der Waals surface area contributed by atoms with E-state index in [-0.39, 0.29) is 24.0 Å². The van der Waals surface area contributed by atoms with Crippen LogP contribution in [-0.4, -0.2) is 52.6 Å². The van der Waals surface area contributed by atoms with Gasteiger partial charge >= 0.3 is 0 Å². The molecule has 0 aliphatic rings. The van der Waals surface area contributed by atoms with E-state index in [2.05, 4.69) is 33.9 Å². The lowest BCUT2D eigenvalue weighted by atomic mass is 10.2. The third kappa shape index (κ3) is 5.48. The van der Waals surface area contributed by atoms with E-state index < -0.39 is 11.9 Å². The van der Waals surface area contributed by atoms with Crippen molar-refractivity contribution in [2.75, 3.05) is 25.2 Å². The van der Waals surface area contributed by atoms with E-state index in [0.29, 0.717) is 21.6 Å². The predicted octanol–water partition coefficient (Wildman–Crippen LogP) is 3.91. The van der Waals surface area contributed by atoms with Crippen molar-refractivity contribution in [2.24, 2.45) is 5.73 Å². The van der Waals surface area contributed by atoms with E-state index in [1.54, 1.807) is 0 Å². The third-order valence-electron chi connectivity index (χ3n) is 4.69. The van der Waals surface area contributed by atoms with Gasteiger partial charge in [0.15, 0.2) is 11.6 Å². The number of nitrogens with zero attached hydrogens (tertiary/aromatic N) is 4. The van der Waals surface area contributed by atoms with Crippen LogP contribution in [0.15, 0.2) is 24.3 Å². The van der Waals surface area contributed by atoms with Gasteiger partial charge in [-0.3, -0.25) is 0 Å². The van der Waals surface area contributed by atoms with E-state index >= 15 is 0 Å². The molecule has 3 N–H and O–H groups in total. The number of aromatic nitrogens is 3. The number of aliphatic hydroxyl groups excluding tert-OH is 1. The van der Waals surface area contributed by atoms with Crippen molar-refractivity contribution in [2.45, 2.75) is 32.9 Å². The van der Waals surface area contributed by atoms with Gasteiger partial charge in [-0.15, -0.1) is 10.2 Å². The summed E-state index contributed by atoms with van der Waals surface area (Å²) in [5.74, 6) is 0.212. The van der Waals surface area contributed by atoms with Gasteiger partial charge in [0.05, 0.1) is 17.7 Å². The molecule has 0 unspecified atom stereocenters. The number of anilines is 1. The van der Waals surface area contributed by atoms with Crippen molar-refractivity contribution in [3.8, 4) is 26.9 Å². The normalized spacial score (nSPS) is 12.3. The second-order valence-electron chi connectivity index (χ2n) is 7.49. The summed E-state index contributed by atoms with van der Waals surface area (Å²) < 4.78 is 19.8. The molecule has 0 radical (unpaired) electrons. The average Bonchev–Trinajstić information content (AvgIpc) is 3.22. The summed E-state index contributed by atoms with van der Waals surface area (Å²) in [5.41, 5.74) is 7.76. The van der Waals surface area contributed by atoms with Gasteiger partial charge in [0.2, 0.25) is 0 Å². The zero-order valence-electron chi connectivity index (χ0n) is 17.8. The topological polar surface area (TPSA) is 97.4 Å². The van der Waals surface area contributed by atoms with Gasteiger partial charge < -0.3 is 20.5 Å². The first-order valence-corrected chi connectivity index (χ1v) is 10.9. The second-order valence-corrected chi connectivity index (χ2v) is 8.87. The average molecular weight is 466 g/mol. The van der Waals surface area contributed by atoms with E-state index in [1.165, 1.54) is 23.5 Å². The van der Waals surface area contributed by atoms with Crippen LogP contribution in [-0.2, 0) is 0 Å². The molecular weight excluding hydrogens is 441 g/mol. The number of nitrogens with two attached hydrogens (primary N) is 1. The quantitative estimate of drug-likeness (QED) is 0.520. The Bertz CT molecular complexity index is 1060.